The van der Waals surface area contributed by atoms with Crippen molar-refractivity contribution in [3.05, 3.63) is 16.0 Å². The minimum atomic E-state index is -0.997. The molecule has 0 aromatic carbocycles. The van der Waals surface area contributed by atoms with Crippen molar-refractivity contribution in [2.75, 3.05) is 5.32 Å². The molecule has 0 aliphatic heterocycles. The number of carbonyl (C=O) groups excluding carboxylic acids is 1. The van der Waals surface area contributed by atoms with Gasteiger partial charge in [0.15, 0.2) is 0 Å². The van der Waals surface area contributed by atoms with Crippen LogP contribution in [-0.2, 0) is 4.79 Å². The molecule has 5 heteroatoms. The van der Waals surface area contributed by atoms with Crippen molar-refractivity contribution in [3.63, 3.8) is 0 Å². The van der Waals surface area contributed by atoms with Crippen molar-refractivity contribution in [2.45, 2.75) is 41.0 Å². The SMILES string of the molecule is Cc1sc(NC(=O)CC(C)(C)C)c(C(=O)O)c1C. The van der Waals surface area contributed by atoms with Crippen LogP contribution in [0.15, 0.2) is 0 Å². The summed E-state index contributed by atoms with van der Waals surface area (Å²) >= 11 is 1.31. The Kier molecular flexibility index (Phi) is 4.16. The number of hydrogen-bond donors (Lipinski definition) is 2. The molecule has 0 radical (unpaired) electrons. The summed E-state index contributed by atoms with van der Waals surface area (Å²) in [5.41, 5.74) is 0.813. The Morgan fingerprint density at radius 1 is 1.28 bits per heavy atom. The standard InChI is InChI=1S/C13H19NO3S/c1-7-8(2)18-11(10(7)12(16)17)14-9(15)6-13(3,4)5/h6H2,1-5H3,(H,14,15)(H,16,17). The Hall–Kier alpha value is -1.36. The lowest BCUT2D eigenvalue weighted by Crippen LogP contribution is -2.20. The largest absolute Gasteiger partial charge is 0.478 e. The number of amides is 1. The third kappa shape index (κ3) is 3.57. The predicted molar refractivity (Wildman–Crippen MR) is 73.5 cm³/mol. The van der Waals surface area contributed by atoms with Crippen LogP contribution in [0.3, 0.4) is 0 Å². The van der Waals surface area contributed by atoms with Crippen LogP contribution in [0.5, 0.6) is 0 Å². The number of hydrogen-bond acceptors (Lipinski definition) is 3. The first-order valence-electron chi connectivity index (χ1n) is 5.75. The van der Waals surface area contributed by atoms with Gasteiger partial charge in [0.1, 0.15) is 5.00 Å². The van der Waals surface area contributed by atoms with E-state index in [1.165, 1.54) is 11.3 Å². The van der Waals surface area contributed by atoms with E-state index in [1.807, 2.05) is 27.7 Å². The van der Waals surface area contributed by atoms with Gasteiger partial charge in [0.2, 0.25) is 5.91 Å². The molecule has 1 aromatic rings. The maximum Gasteiger partial charge on any atom is 0.338 e. The lowest BCUT2D eigenvalue weighted by molar-refractivity contribution is -0.117. The highest BCUT2D eigenvalue weighted by atomic mass is 32.1. The van der Waals surface area contributed by atoms with E-state index in [2.05, 4.69) is 5.32 Å². The summed E-state index contributed by atoms with van der Waals surface area (Å²) in [6.45, 7) is 9.52. The summed E-state index contributed by atoms with van der Waals surface area (Å²) in [5, 5.41) is 12.3. The fourth-order valence-electron chi connectivity index (χ4n) is 1.63. The summed E-state index contributed by atoms with van der Waals surface area (Å²) < 4.78 is 0. The van der Waals surface area contributed by atoms with E-state index < -0.39 is 5.97 Å². The molecule has 0 spiro atoms. The lowest BCUT2D eigenvalue weighted by Gasteiger charge is -2.17. The lowest BCUT2D eigenvalue weighted by atomic mass is 9.92. The van der Waals surface area contributed by atoms with Gasteiger partial charge < -0.3 is 10.4 Å². The molecule has 0 unspecified atom stereocenters. The van der Waals surface area contributed by atoms with E-state index in [0.29, 0.717) is 11.4 Å². The average Bonchev–Trinajstić information content (AvgIpc) is 2.38. The highest BCUT2D eigenvalue weighted by Gasteiger charge is 2.22. The Balaban J connectivity index is 2.95. The van der Waals surface area contributed by atoms with Crippen molar-refractivity contribution in [3.8, 4) is 0 Å². The summed E-state index contributed by atoms with van der Waals surface area (Å²) in [4.78, 5) is 23.9. The van der Waals surface area contributed by atoms with E-state index in [0.717, 1.165) is 10.4 Å². The summed E-state index contributed by atoms with van der Waals surface area (Å²) in [7, 11) is 0. The van der Waals surface area contributed by atoms with Gasteiger partial charge in [-0.1, -0.05) is 20.8 Å². The van der Waals surface area contributed by atoms with Crippen LogP contribution in [0.1, 0.15) is 48.0 Å². The zero-order valence-electron chi connectivity index (χ0n) is 11.4. The number of aromatic carboxylic acids is 1. The minimum Gasteiger partial charge on any atom is -0.478 e. The highest BCUT2D eigenvalue weighted by molar-refractivity contribution is 7.16. The van der Waals surface area contributed by atoms with Gasteiger partial charge in [0.25, 0.3) is 0 Å². The highest BCUT2D eigenvalue weighted by Crippen LogP contribution is 2.33. The van der Waals surface area contributed by atoms with Crippen molar-refractivity contribution >= 4 is 28.2 Å². The molecule has 1 rings (SSSR count). The second-order valence-corrected chi connectivity index (χ2v) is 6.80. The summed E-state index contributed by atoms with van der Waals surface area (Å²) in [6.07, 6.45) is 0.363. The van der Waals surface area contributed by atoms with Gasteiger partial charge in [0, 0.05) is 11.3 Å². The topological polar surface area (TPSA) is 66.4 Å². The molecule has 100 valence electrons. The van der Waals surface area contributed by atoms with Crippen LogP contribution in [0.2, 0.25) is 0 Å². The zero-order valence-corrected chi connectivity index (χ0v) is 12.2. The number of rotatable bonds is 3. The van der Waals surface area contributed by atoms with Crippen LogP contribution in [-0.4, -0.2) is 17.0 Å². The Morgan fingerprint density at radius 2 is 1.83 bits per heavy atom. The summed E-state index contributed by atoms with van der Waals surface area (Å²) in [5.74, 6) is -1.14. The molecule has 2 N–H and O–H groups in total. The first-order chi connectivity index (χ1) is 8.11. The quantitative estimate of drug-likeness (QED) is 0.883. The molecule has 0 atom stereocenters. The van der Waals surface area contributed by atoms with E-state index in [9.17, 15) is 9.59 Å². The van der Waals surface area contributed by atoms with Crippen molar-refractivity contribution in [1.29, 1.82) is 0 Å². The molecule has 4 nitrogen and oxygen atoms in total. The van der Waals surface area contributed by atoms with Gasteiger partial charge in [-0.05, 0) is 24.8 Å². The first kappa shape index (κ1) is 14.7. The minimum absolute atomic E-state index is 0.116. The smallest absolute Gasteiger partial charge is 0.338 e. The molecule has 1 aromatic heterocycles. The molecular weight excluding hydrogens is 250 g/mol. The van der Waals surface area contributed by atoms with E-state index in [1.54, 1.807) is 6.92 Å². The number of anilines is 1. The van der Waals surface area contributed by atoms with Crippen LogP contribution in [0, 0.1) is 19.3 Å². The van der Waals surface area contributed by atoms with Gasteiger partial charge >= 0.3 is 5.97 Å². The number of nitrogens with one attached hydrogen (secondary N) is 1. The van der Waals surface area contributed by atoms with Crippen LogP contribution in [0.25, 0.3) is 0 Å². The first-order valence-corrected chi connectivity index (χ1v) is 6.56. The third-order valence-corrected chi connectivity index (χ3v) is 3.67. The van der Waals surface area contributed by atoms with E-state index in [-0.39, 0.29) is 16.9 Å². The van der Waals surface area contributed by atoms with E-state index >= 15 is 0 Å². The van der Waals surface area contributed by atoms with E-state index in [4.69, 9.17) is 5.11 Å². The fourth-order valence-corrected chi connectivity index (χ4v) is 2.69. The number of carbonyl (C=O) groups is 2. The maximum atomic E-state index is 11.8. The van der Waals surface area contributed by atoms with Crippen molar-refractivity contribution in [2.24, 2.45) is 5.41 Å². The molecule has 0 fully saturated rings. The van der Waals surface area contributed by atoms with Gasteiger partial charge in [-0.2, -0.15) is 0 Å². The Bertz CT molecular complexity index is 483. The Labute approximate surface area is 111 Å². The third-order valence-electron chi connectivity index (χ3n) is 2.54. The molecule has 1 amide bonds. The molecule has 0 aliphatic rings. The maximum absolute atomic E-state index is 11.8. The second kappa shape index (κ2) is 5.10. The van der Waals surface area contributed by atoms with Gasteiger partial charge in [-0.25, -0.2) is 4.79 Å². The van der Waals surface area contributed by atoms with Crippen LogP contribution in [0.4, 0.5) is 5.00 Å². The van der Waals surface area contributed by atoms with Crippen LogP contribution >= 0.6 is 11.3 Å². The van der Waals surface area contributed by atoms with Gasteiger partial charge in [-0.3, -0.25) is 4.79 Å². The number of carboxylic acid groups (broad SMARTS) is 1. The number of carboxylic acids is 1. The van der Waals surface area contributed by atoms with Gasteiger partial charge in [0.05, 0.1) is 5.56 Å². The summed E-state index contributed by atoms with van der Waals surface area (Å²) in [6, 6.07) is 0. The van der Waals surface area contributed by atoms with Crippen molar-refractivity contribution in [1.82, 2.24) is 0 Å². The predicted octanol–water partition coefficient (Wildman–Crippen LogP) is 3.44. The molecule has 0 bridgehead atoms. The van der Waals surface area contributed by atoms with Crippen molar-refractivity contribution < 1.29 is 14.7 Å². The van der Waals surface area contributed by atoms with Gasteiger partial charge in [-0.15, -0.1) is 11.3 Å². The molecular formula is C13H19NO3S. The molecule has 1 heterocycles. The molecule has 0 saturated carbocycles. The monoisotopic (exact) mass is 269 g/mol. The fraction of sp³-hybridized carbons (Fsp3) is 0.538. The Morgan fingerprint density at radius 3 is 2.28 bits per heavy atom. The molecule has 0 aliphatic carbocycles. The van der Waals surface area contributed by atoms with Crippen LogP contribution < -0.4 is 5.32 Å². The second-order valence-electron chi connectivity index (χ2n) is 5.58. The molecule has 18 heavy (non-hydrogen) atoms. The number of thiophene rings is 1. The average molecular weight is 269 g/mol. The normalized spacial score (nSPS) is 11.4. The molecule has 0 saturated heterocycles. The zero-order chi connectivity index (χ0) is 14.1. The number of aryl methyl sites for hydroxylation is 1.